The Kier molecular flexibility index (Phi) is 5.71. The third kappa shape index (κ3) is 5.18. The molecule has 0 spiro atoms. The first-order chi connectivity index (χ1) is 12.5. The van der Waals surface area contributed by atoms with Crippen LogP contribution >= 0.6 is 11.6 Å². The first kappa shape index (κ1) is 18.2. The normalized spacial score (nSPS) is 11.6. The number of hydrogen-bond acceptors (Lipinski definition) is 3. The van der Waals surface area contributed by atoms with Crippen LogP contribution in [0.5, 0.6) is 0 Å². The molecule has 0 bridgehead atoms. The molecule has 0 aliphatic rings. The third-order valence-corrected chi connectivity index (χ3v) is 5.24. The summed E-state index contributed by atoms with van der Waals surface area (Å²) in [4.78, 5) is 3.98. The average Bonchev–Trinajstić information content (AvgIpc) is 2.63. The van der Waals surface area contributed by atoms with Gasteiger partial charge in [-0.1, -0.05) is 54.1 Å². The number of anilines is 1. The summed E-state index contributed by atoms with van der Waals surface area (Å²) in [5, 5.41) is 0.437. The topological polar surface area (TPSA) is 59.1 Å². The number of aromatic nitrogens is 1. The number of pyridine rings is 1. The molecule has 6 heteroatoms. The number of sulfonamides is 1. The average molecular weight is 385 g/mol. The molecule has 0 unspecified atom stereocenters. The summed E-state index contributed by atoms with van der Waals surface area (Å²) in [7, 11) is -3.56. The van der Waals surface area contributed by atoms with Crippen molar-refractivity contribution in [3.8, 4) is 0 Å². The maximum absolute atomic E-state index is 12.4. The van der Waals surface area contributed by atoms with Crippen LogP contribution in [0, 0.1) is 0 Å². The fraction of sp³-hybridized carbons (Fsp3) is 0.0500. The van der Waals surface area contributed by atoms with Gasteiger partial charge < -0.3 is 0 Å². The quantitative estimate of drug-likeness (QED) is 0.661. The van der Waals surface area contributed by atoms with E-state index in [1.54, 1.807) is 54.9 Å². The predicted octanol–water partition coefficient (Wildman–Crippen LogP) is 4.85. The van der Waals surface area contributed by atoms with E-state index in [4.69, 9.17) is 11.6 Å². The molecule has 1 heterocycles. The van der Waals surface area contributed by atoms with Crippen LogP contribution in [-0.4, -0.2) is 13.4 Å². The molecule has 3 rings (SSSR count). The van der Waals surface area contributed by atoms with Crippen molar-refractivity contribution >= 4 is 39.5 Å². The summed E-state index contributed by atoms with van der Waals surface area (Å²) >= 11 is 6.05. The molecule has 1 aromatic heterocycles. The van der Waals surface area contributed by atoms with E-state index in [2.05, 4.69) is 9.71 Å². The number of benzene rings is 2. The highest BCUT2D eigenvalue weighted by Gasteiger charge is 2.13. The van der Waals surface area contributed by atoms with E-state index in [1.807, 2.05) is 30.4 Å². The van der Waals surface area contributed by atoms with E-state index in [9.17, 15) is 8.42 Å². The maximum atomic E-state index is 12.4. The Labute approximate surface area is 158 Å². The fourth-order valence-electron chi connectivity index (χ4n) is 2.41. The highest BCUT2D eigenvalue weighted by atomic mass is 35.5. The number of halogens is 1. The lowest BCUT2D eigenvalue weighted by Gasteiger charge is -2.09. The van der Waals surface area contributed by atoms with Gasteiger partial charge in [-0.15, -0.1) is 0 Å². The summed E-state index contributed by atoms with van der Waals surface area (Å²) in [6, 6.07) is 17.9. The van der Waals surface area contributed by atoms with Gasteiger partial charge in [-0.05, 0) is 47.0 Å². The number of rotatable bonds is 6. The van der Waals surface area contributed by atoms with Gasteiger partial charge in [0.2, 0.25) is 10.0 Å². The Hall–Kier alpha value is -2.63. The van der Waals surface area contributed by atoms with Gasteiger partial charge in [0, 0.05) is 23.1 Å². The van der Waals surface area contributed by atoms with Crippen LogP contribution in [0.2, 0.25) is 5.02 Å². The van der Waals surface area contributed by atoms with E-state index in [0.29, 0.717) is 16.3 Å². The van der Waals surface area contributed by atoms with Crippen molar-refractivity contribution in [1.82, 2.24) is 4.98 Å². The van der Waals surface area contributed by atoms with Crippen LogP contribution in [0.1, 0.15) is 16.7 Å². The molecule has 4 nitrogen and oxygen atoms in total. The van der Waals surface area contributed by atoms with Gasteiger partial charge >= 0.3 is 0 Å². The monoisotopic (exact) mass is 384 g/mol. The van der Waals surface area contributed by atoms with Crippen molar-refractivity contribution in [2.24, 2.45) is 0 Å². The molecule has 0 saturated heterocycles. The van der Waals surface area contributed by atoms with Crippen LogP contribution in [0.3, 0.4) is 0 Å². The van der Waals surface area contributed by atoms with Gasteiger partial charge in [-0.2, -0.15) is 0 Å². The molecule has 3 aromatic rings. The Morgan fingerprint density at radius 1 is 0.923 bits per heavy atom. The highest BCUT2D eigenvalue weighted by molar-refractivity contribution is 7.91. The van der Waals surface area contributed by atoms with Crippen molar-refractivity contribution < 1.29 is 8.42 Å². The maximum Gasteiger partial charge on any atom is 0.236 e. The molecule has 0 saturated carbocycles. The summed E-state index contributed by atoms with van der Waals surface area (Å²) in [6.07, 6.45) is 7.30. The van der Waals surface area contributed by atoms with Crippen LogP contribution in [0.4, 0.5) is 5.69 Å². The molecule has 0 amide bonds. The van der Waals surface area contributed by atoms with Gasteiger partial charge in [-0.25, -0.2) is 8.42 Å². The van der Waals surface area contributed by atoms with Crippen LogP contribution in [0.15, 0.2) is 73.1 Å². The van der Waals surface area contributed by atoms with Crippen molar-refractivity contribution in [3.63, 3.8) is 0 Å². The highest BCUT2D eigenvalue weighted by Crippen LogP contribution is 2.20. The van der Waals surface area contributed by atoms with Crippen LogP contribution in [-0.2, 0) is 15.8 Å². The van der Waals surface area contributed by atoms with Crippen molar-refractivity contribution in [2.45, 2.75) is 5.75 Å². The Balaban J connectivity index is 1.74. The van der Waals surface area contributed by atoms with Gasteiger partial charge in [0.1, 0.15) is 0 Å². The molecule has 132 valence electrons. The third-order valence-electron chi connectivity index (χ3n) is 3.64. The van der Waals surface area contributed by atoms with Crippen LogP contribution < -0.4 is 4.72 Å². The molecule has 2 aromatic carbocycles. The van der Waals surface area contributed by atoms with Crippen LogP contribution in [0.25, 0.3) is 12.2 Å². The summed E-state index contributed by atoms with van der Waals surface area (Å²) in [6.45, 7) is 0. The predicted molar refractivity (Wildman–Crippen MR) is 107 cm³/mol. The molecule has 0 aliphatic carbocycles. The van der Waals surface area contributed by atoms with E-state index < -0.39 is 10.0 Å². The smallest absolute Gasteiger partial charge is 0.236 e. The van der Waals surface area contributed by atoms with Crippen molar-refractivity contribution in [3.05, 3.63) is 94.8 Å². The zero-order valence-corrected chi connectivity index (χ0v) is 15.4. The fourth-order valence-corrected chi connectivity index (χ4v) is 3.91. The lowest BCUT2D eigenvalue weighted by atomic mass is 10.1. The second kappa shape index (κ2) is 8.17. The van der Waals surface area contributed by atoms with E-state index in [0.717, 1.165) is 11.1 Å². The molecule has 0 fully saturated rings. The minimum Gasteiger partial charge on any atom is -0.283 e. The van der Waals surface area contributed by atoms with Crippen molar-refractivity contribution in [1.29, 1.82) is 0 Å². The number of hydrogen-bond donors (Lipinski definition) is 1. The van der Waals surface area contributed by atoms with E-state index in [1.165, 1.54) is 0 Å². The second-order valence-corrected chi connectivity index (χ2v) is 7.82. The molecular formula is C20H17ClN2O2S. The van der Waals surface area contributed by atoms with Gasteiger partial charge in [0.05, 0.1) is 5.75 Å². The van der Waals surface area contributed by atoms with Gasteiger partial charge in [0.15, 0.2) is 0 Å². The molecule has 1 N–H and O–H groups in total. The van der Waals surface area contributed by atoms with E-state index >= 15 is 0 Å². The Morgan fingerprint density at radius 2 is 1.65 bits per heavy atom. The summed E-state index contributed by atoms with van der Waals surface area (Å²) < 4.78 is 27.4. The minimum absolute atomic E-state index is 0.177. The largest absolute Gasteiger partial charge is 0.283 e. The number of nitrogens with zero attached hydrogens (tertiary/aromatic N) is 1. The first-order valence-electron chi connectivity index (χ1n) is 7.94. The van der Waals surface area contributed by atoms with Gasteiger partial charge in [0.25, 0.3) is 0 Å². The molecule has 0 aliphatic heterocycles. The zero-order valence-electron chi connectivity index (χ0n) is 13.8. The summed E-state index contributed by atoms with van der Waals surface area (Å²) in [5.41, 5.74) is 2.98. The molecule has 0 radical (unpaired) electrons. The SMILES string of the molecule is O=S(=O)(Cc1ccccc1Cl)Nc1cccc(/C=C\c2ccncc2)c1. The Bertz CT molecular complexity index is 1020. The van der Waals surface area contributed by atoms with Crippen molar-refractivity contribution in [2.75, 3.05) is 4.72 Å². The lowest BCUT2D eigenvalue weighted by molar-refractivity contribution is 0.600. The van der Waals surface area contributed by atoms with Gasteiger partial charge in [-0.3, -0.25) is 9.71 Å². The standard InChI is InChI=1S/C20H17ClN2O2S/c21-20-7-2-1-5-18(20)15-26(24,25)23-19-6-3-4-17(14-19)9-8-16-10-12-22-13-11-16/h1-14,23H,15H2/b9-8-. The number of nitrogens with one attached hydrogen (secondary N) is 1. The first-order valence-corrected chi connectivity index (χ1v) is 9.97. The lowest BCUT2D eigenvalue weighted by Crippen LogP contribution is -2.15. The molecule has 26 heavy (non-hydrogen) atoms. The minimum atomic E-state index is -3.56. The van der Waals surface area contributed by atoms with E-state index in [-0.39, 0.29) is 5.75 Å². The zero-order chi connectivity index (χ0) is 18.4. The summed E-state index contributed by atoms with van der Waals surface area (Å²) in [5.74, 6) is -0.177. The molecular weight excluding hydrogens is 368 g/mol. The molecule has 0 atom stereocenters. The Morgan fingerprint density at radius 3 is 2.42 bits per heavy atom. The second-order valence-electron chi connectivity index (χ2n) is 5.69.